The van der Waals surface area contributed by atoms with Crippen LogP contribution < -0.4 is 5.32 Å². The molecular formula is C15H17Cl2N3. The monoisotopic (exact) mass is 309 g/mol. The van der Waals surface area contributed by atoms with Gasteiger partial charge >= 0.3 is 0 Å². The highest BCUT2D eigenvalue weighted by atomic mass is 35.5. The summed E-state index contributed by atoms with van der Waals surface area (Å²) in [5.74, 6) is 0.784. The minimum absolute atomic E-state index is 0.0508. The average Bonchev–Trinajstić information content (AvgIpc) is 2.46. The Morgan fingerprint density at radius 1 is 1.20 bits per heavy atom. The number of aromatic nitrogens is 2. The van der Waals surface area contributed by atoms with Crippen LogP contribution >= 0.6 is 23.2 Å². The van der Waals surface area contributed by atoms with Gasteiger partial charge in [0, 0.05) is 22.4 Å². The lowest BCUT2D eigenvalue weighted by Gasteiger charge is -2.17. The molecular weight excluding hydrogens is 293 g/mol. The topological polar surface area (TPSA) is 37.8 Å². The van der Waals surface area contributed by atoms with Gasteiger partial charge in [0.2, 0.25) is 0 Å². The largest absolute Gasteiger partial charge is 0.307 e. The van der Waals surface area contributed by atoms with Gasteiger partial charge in [0.1, 0.15) is 5.82 Å². The molecule has 5 heteroatoms. The van der Waals surface area contributed by atoms with E-state index in [4.69, 9.17) is 23.2 Å². The van der Waals surface area contributed by atoms with E-state index in [1.807, 2.05) is 18.2 Å². The fraction of sp³-hybridized carbons (Fsp3) is 0.333. The molecule has 1 aromatic carbocycles. The molecule has 0 aliphatic carbocycles. The van der Waals surface area contributed by atoms with Crippen LogP contribution in [-0.2, 0) is 6.42 Å². The van der Waals surface area contributed by atoms with Crippen molar-refractivity contribution in [2.75, 3.05) is 6.54 Å². The second kappa shape index (κ2) is 7.58. The number of benzene rings is 1. The van der Waals surface area contributed by atoms with E-state index in [2.05, 4.69) is 22.2 Å². The van der Waals surface area contributed by atoms with Crippen LogP contribution in [0.3, 0.4) is 0 Å². The van der Waals surface area contributed by atoms with Crippen LogP contribution in [0.15, 0.2) is 36.7 Å². The molecule has 1 N–H and O–H groups in total. The van der Waals surface area contributed by atoms with Crippen molar-refractivity contribution in [1.29, 1.82) is 0 Å². The van der Waals surface area contributed by atoms with Crippen LogP contribution in [0, 0.1) is 0 Å². The molecule has 0 spiro atoms. The molecule has 0 saturated heterocycles. The van der Waals surface area contributed by atoms with Crippen molar-refractivity contribution in [2.24, 2.45) is 0 Å². The second-order valence-electron chi connectivity index (χ2n) is 4.55. The summed E-state index contributed by atoms with van der Waals surface area (Å²) in [7, 11) is 0. The summed E-state index contributed by atoms with van der Waals surface area (Å²) < 4.78 is 0. The number of nitrogens with one attached hydrogen (secondary N) is 1. The Labute approximate surface area is 129 Å². The zero-order valence-corrected chi connectivity index (χ0v) is 12.8. The van der Waals surface area contributed by atoms with Gasteiger partial charge in [-0.1, -0.05) is 36.2 Å². The Bertz CT molecular complexity index is 546. The molecule has 1 atom stereocenters. The van der Waals surface area contributed by atoms with Gasteiger partial charge in [0.25, 0.3) is 0 Å². The molecule has 2 rings (SSSR count). The van der Waals surface area contributed by atoms with Gasteiger partial charge in [-0.2, -0.15) is 0 Å². The third-order valence-electron chi connectivity index (χ3n) is 2.98. The van der Waals surface area contributed by atoms with Crippen molar-refractivity contribution in [3.63, 3.8) is 0 Å². The number of halogens is 2. The molecule has 1 aromatic heterocycles. The van der Waals surface area contributed by atoms with E-state index in [1.54, 1.807) is 18.5 Å². The molecule has 0 aliphatic rings. The fourth-order valence-electron chi connectivity index (χ4n) is 1.97. The Hall–Kier alpha value is -1.16. The SMILES string of the molecule is CCCNC(Cc1ccc(Cl)cc1Cl)c1ncccn1. The molecule has 0 saturated carbocycles. The minimum atomic E-state index is 0.0508. The quantitative estimate of drug-likeness (QED) is 0.874. The summed E-state index contributed by atoms with van der Waals surface area (Å²) in [6.45, 7) is 3.04. The molecule has 1 heterocycles. The maximum atomic E-state index is 6.24. The molecule has 0 fully saturated rings. The van der Waals surface area contributed by atoms with Crippen molar-refractivity contribution in [3.05, 3.63) is 58.1 Å². The summed E-state index contributed by atoms with van der Waals surface area (Å²) in [5, 5.41) is 4.78. The third kappa shape index (κ3) is 4.17. The first kappa shape index (κ1) is 15.2. The van der Waals surface area contributed by atoms with E-state index in [1.165, 1.54) is 0 Å². The molecule has 0 amide bonds. The van der Waals surface area contributed by atoms with Crippen LogP contribution in [0.5, 0.6) is 0 Å². The lowest BCUT2D eigenvalue weighted by Crippen LogP contribution is -2.26. The van der Waals surface area contributed by atoms with Crippen LogP contribution in [0.1, 0.15) is 30.8 Å². The first-order valence-corrected chi connectivity index (χ1v) is 7.40. The van der Waals surface area contributed by atoms with Crippen molar-refractivity contribution in [2.45, 2.75) is 25.8 Å². The number of hydrogen-bond acceptors (Lipinski definition) is 3. The average molecular weight is 310 g/mol. The molecule has 0 bridgehead atoms. The summed E-state index contributed by atoms with van der Waals surface area (Å²) >= 11 is 12.2. The lowest BCUT2D eigenvalue weighted by atomic mass is 10.0. The normalized spacial score (nSPS) is 12.3. The van der Waals surface area contributed by atoms with Crippen molar-refractivity contribution >= 4 is 23.2 Å². The maximum Gasteiger partial charge on any atom is 0.145 e. The molecule has 3 nitrogen and oxygen atoms in total. The number of rotatable bonds is 6. The van der Waals surface area contributed by atoms with Crippen LogP contribution in [-0.4, -0.2) is 16.5 Å². The standard InChI is InChI=1S/C15H17Cl2N3/c1-2-6-18-14(15-19-7-3-8-20-15)9-11-4-5-12(16)10-13(11)17/h3-5,7-8,10,14,18H,2,6,9H2,1H3. The van der Waals surface area contributed by atoms with Gasteiger partial charge in [-0.3, -0.25) is 0 Å². The summed E-state index contributed by atoms with van der Waals surface area (Å²) in [4.78, 5) is 8.67. The Morgan fingerprint density at radius 2 is 1.95 bits per heavy atom. The van der Waals surface area contributed by atoms with E-state index in [9.17, 15) is 0 Å². The summed E-state index contributed by atoms with van der Waals surface area (Å²) in [6.07, 6.45) is 5.30. The highest BCUT2D eigenvalue weighted by molar-refractivity contribution is 6.35. The molecule has 0 radical (unpaired) electrons. The summed E-state index contributed by atoms with van der Waals surface area (Å²) in [5.41, 5.74) is 1.04. The van der Waals surface area contributed by atoms with E-state index >= 15 is 0 Å². The van der Waals surface area contributed by atoms with E-state index in [0.717, 1.165) is 30.8 Å². The molecule has 106 valence electrons. The molecule has 2 aromatic rings. The molecule has 0 aliphatic heterocycles. The van der Waals surface area contributed by atoms with Crippen molar-refractivity contribution < 1.29 is 0 Å². The van der Waals surface area contributed by atoms with Gasteiger partial charge in [-0.25, -0.2) is 9.97 Å². The highest BCUT2D eigenvalue weighted by Gasteiger charge is 2.15. The number of nitrogens with zero attached hydrogens (tertiary/aromatic N) is 2. The zero-order valence-electron chi connectivity index (χ0n) is 11.3. The fourth-order valence-corrected chi connectivity index (χ4v) is 2.46. The van der Waals surface area contributed by atoms with Gasteiger partial charge in [0.05, 0.1) is 6.04 Å². The van der Waals surface area contributed by atoms with Crippen LogP contribution in [0.25, 0.3) is 0 Å². The van der Waals surface area contributed by atoms with E-state index in [-0.39, 0.29) is 6.04 Å². The maximum absolute atomic E-state index is 6.24. The van der Waals surface area contributed by atoms with Gasteiger partial charge in [0.15, 0.2) is 0 Å². The number of hydrogen-bond donors (Lipinski definition) is 1. The third-order valence-corrected chi connectivity index (χ3v) is 3.56. The van der Waals surface area contributed by atoms with Crippen molar-refractivity contribution in [1.82, 2.24) is 15.3 Å². The predicted octanol–water partition coefficient (Wildman–Crippen LogP) is 4.07. The first-order valence-electron chi connectivity index (χ1n) is 6.65. The van der Waals surface area contributed by atoms with E-state index in [0.29, 0.717) is 10.0 Å². The second-order valence-corrected chi connectivity index (χ2v) is 5.40. The Kier molecular flexibility index (Phi) is 5.77. The lowest BCUT2D eigenvalue weighted by molar-refractivity contribution is 0.504. The molecule has 20 heavy (non-hydrogen) atoms. The predicted molar refractivity (Wildman–Crippen MR) is 83.2 cm³/mol. The van der Waals surface area contributed by atoms with Gasteiger partial charge in [-0.15, -0.1) is 0 Å². The zero-order chi connectivity index (χ0) is 14.4. The van der Waals surface area contributed by atoms with Gasteiger partial charge < -0.3 is 5.32 Å². The summed E-state index contributed by atoms with van der Waals surface area (Å²) in [6, 6.07) is 7.44. The highest BCUT2D eigenvalue weighted by Crippen LogP contribution is 2.25. The van der Waals surface area contributed by atoms with E-state index < -0.39 is 0 Å². The van der Waals surface area contributed by atoms with Crippen molar-refractivity contribution in [3.8, 4) is 0 Å². The Morgan fingerprint density at radius 3 is 2.60 bits per heavy atom. The smallest absolute Gasteiger partial charge is 0.145 e. The van der Waals surface area contributed by atoms with Crippen LogP contribution in [0.4, 0.5) is 0 Å². The molecule has 1 unspecified atom stereocenters. The Balaban J connectivity index is 2.19. The first-order chi connectivity index (χ1) is 9.70. The van der Waals surface area contributed by atoms with Gasteiger partial charge in [-0.05, 0) is 43.1 Å². The minimum Gasteiger partial charge on any atom is -0.307 e. The van der Waals surface area contributed by atoms with Crippen LogP contribution in [0.2, 0.25) is 10.0 Å².